The van der Waals surface area contributed by atoms with Crippen LogP contribution in [-0.4, -0.2) is 23.0 Å². The molecule has 0 saturated heterocycles. The molecular formula is C19H14ClFN4O4S2. The number of fused-ring (bicyclic) bond motifs is 2. The van der Waals surface area contributed by atoms with Crippen LogP contribution in [0.1, 0.15) is 30.1 Å². The number of hydrogen-bond acceptors (Lipinski definition) is 7. The first kappa shape index (κ1) is 20.2. The summed E-state index contributed by atoms with van der Waals surface area (Å²) in [5, 5.41) is 1.97. The van der Waals surface area contributed by atoms with Gasteiger partial charge in [-0.25, -0.2) is 27.6 Å². The predicted octanol–water partition coefficient (Wildman–Crippen LogP) is 3.97. The van der Waals surface area contributed by atoms with Crippen LogP contribution >= 0.6 is 22.9 Å². The van der Waals surface area contributed by atoms with E-state index in [0.717, 1.165) is 41.9 Å². The second-order valence-electron chi connectivity index (χ2n) is 7.02. The molecule has 0 radical (unpaired) electrons. The lowest BCUT2D eigenvalue weighted by molar-refractivity contribution is 0.429. The number of nitrogens with zero attached hydrogens (tertiary/aromatic N) is 3. The monoisotopic (exact) mass is 480 g/mol. The Balaban J connectivity index is 1.64. The lowest BCUT2D eigenvalue weighted by Gasteiger charge is -2.25. The van der Waals surface area contributed by atoms with Gasteiger partial charge in [0.2, 0.25) is 0 Å². The van der Waals surface area contributed by atoms with E-state index < -0.39 is 32.5 Å². The number of pyridine rings is 1. The molecule has 1 aliphatic carbocycles. The first-order valence-electron chi connectivity index (χ1n) is 9.26. The molecule has 1 unspecified atom stereocenters. The van der Waals surface area contributed by atoms with E-state index in [9.17, 15) is 17.6 Å². The smallest absolute Gasteiger partial charge is 0.408 e. The minimum absolute atomic E-state index is 0.0416. The van der Waals surface area contributed by atoms with Crippen LogP contribution in [0.2, 0.25) is 5.15 Å². The molecule has 0 saturated carbocycles. The zero-order valence-electron chi connectivity index (χ0n) is 15.7. The van der Waals surface area contributed by atoms with Gasteiger partial charge in [0, 0.05) is 23.7 Å². The molecule has 12 heteroatoms. The van der Waals surface area contributed by atoms with Crippen LogP contribution in [0.3, 0.4) is 0 Å². The Hall–Kier alpha value is -2.76. The fourth-order valence-corrected chi connectivity index (χ4v) is 5.85. The van der Waals surface area contributed by atoms with Gasteiger partial charge in [-0.05, 0) is 30.9 Å². The van der Waals surface area contributed by atoms with E-state index in [-0.39, 0.29) is 16.2 Å². The topological polar surface area (TPSA) is 107 Å². The zero-order chi connectivity index (χ0) is 21.8. The third-order valence-corrected chi connectivity index (χ3v) is 7.52. The van der Waals surface area contributed by atoms with Gasteiger partial charge in [-0.3, -0.25) is 9.29 Å². The lowest BCUT2D eigenvalue weighted by atomic mass is 9.91. The first-order valence-corrected chi connectivity index (χ1v) is 12.0. The average Bonchev–Trinajstić information content (AvgIpc) is 3.33. The quantitative estimate of drug-likeness (QED) is 0.443. The number of halogens is 2. The average molecular weight is 481 g/mol. The number of rotatable bonds is 4. The Morgan fingerprint density at radius 1 is 1.32 bits per heavy atom. The Kier molecular flexibility index (Phi) is 4.83. The van der Waals surface area contributed by atoms with E-state index in [0.29, 0.717) is 17.3 Å². The van der Waals surface area contributed by atoms with Crippen molar-refractivity contribution in [3.63, 3.8) is 0 Å². The van der Waals surface area contributed by atoms with Gasteiger partial charge < -0.3 is 4.42 Å². The Bertz CT molecular complexity index is 1460. The van der Waals surface area contributed by atoms with Crippen LogP contribution in [0.4, 0.5) is 9.52 Å². The number of aryl methyl sites for hydroxylation is 1. The highest BCUT2D eigenvalue weighted by Crippen LogP contribution is 2.35. The van der Waals surface area contributed by atoms with Crippen molar-refractivity contribution in [2.45, 2.75) is 30.2 Å². The van der Waals surface area contributed by atoms with Crippen molar-refractivity contribution in [3.8, 4) is 0 Å². The Morgan fingerprint density at radius 3 is 2.94 bits per heavy atom. The molecule has 1 N–H and O–H groups in total. The standard InChI is InChI=1S/C19H14ClFN4O4S2/c20-16-5-4-10-2-1-3-12(17(10)23-16)25-13-8-11(21)15(9-14(13)29-19(25)26)31(27,28)24-18-22-6-7-30-18/h4-9,12H,1-3H2,(H,22,24). The van der Waals surface area contributed by atoms with Crippen molar-refractivity contribution in [1.29, 1.82) is 0 Å². The maximum Gasteiger partial charge on any atom is 0.420 e. The van der Waals surface area contributed by atoms with E-state index in [2.05, 4.69) is 14.7 Å². The highest BCUT2D eigenvalue weighted by Gasteiger charge is 2.29. The molecular weight excluding hydrogens is 467 g/mol. The number of aromatic nitrogens is 3. The van der Waals surface area contributed by atoms with Gasteiger partial charge in [-0.15, -0.1) is 11.3 Å². The van der Waals surface area contributed by atoms with E-state index in [1.807, 2.05) is 6.07 Å². The number of oxazole rings is 1. The maximum absolute atomic E-state index is 14.9. The second-order valence-corrected chi connectivity index (χ2v) is 9.95. The molecule has 1 aromatic carbocycles. The summed E-state index contributed by atoms with van der Waals surface area (Å²) in [4.78, 5) is 20.3. The van der Waals surface area contributed by atoms with E-state index >= 15 is 0 Å². The molecule has 160 valence electrons. The lowest BCUT2D eigenvalue weighted by Crippen LogP contribution is -2.26. The first-order chi connectivity index (χ1) is 14.8. The van der Waals surface area contributed by atoms with Crippen molar-refractivity contribution < 1.29 is 17.2 Å². The van der Waals surface area contributed by atoms with Crippen molar-refractivity contribution in [1.82, 2.24) is 14.5 Å². The van der Waals surface area contributed by atoms with Crippen LogP contribution in [0.5, 0.6) is 0 Å². The minimum atomic E-state index is -4.27. The van der Waals surface area contributed by atoms with Crippen LogP contribution in [0.15, 0.2) is 49.9 Å². The van der Waals surface area contributed by atoms with Gasteiger partial charge in [0.15, 0.2) is 10.7 Å². The Morgan fingerprint density at radius 2 is 2.16 bits per heavy atom. The van der Waals surface area contributed by atoms with Gasteiger partial charge >= 0.3 is 5.76 Å². The Labute approximate surface area is 184 Å². The van der Waals surface area contributed by atoms with E-state index in [1.54, 1.807) is 11.4 Å². The molecule has 8 nitrogen and oxygen atoms in total. The summed E-state index contributed by atoms with van der Waals surface area (Å²) in [5.41, 5.74) is 1.69. The second kappa shape index (κ2) is 7.43. The molecule has 1 aliphatic rings. The number of sulfonamides is 1. The number of benzene rings is 1. The molecule has 5 rings (SSSR count). The molecule has 0 amide bonds. The minimum Gasteiger partial charge on any atom is -0.408 e. The molecule has 3 aromatic heterocycles. The fourth-order valence-electron chi connectivity index (χ4n) is 3.83. The van der Waals surface area contributed by atoms with Crippen LogP contribution < -0.4 is 10.5 Å². The van der Waals surface area contributed by atoms with Gasteiger partial charge in [-0.1, -0.05) is 17.7 Å². The van der Waals surface area contributed by atoms with E-state index in [1.165, 1.54) is 10.8 Å². The van der Waals surface area contributed by atoms with Crippen molar-refractivity contribution >= 4 is 49.2 Å². The summed E-state index contributed by atoms with van der Waals surface area (Å²) in [6, 6.07) is 5.06. The van der Waals surface area contributed by atoms with E-state index in [4.69, 9.17) is 16.0 Å². The van der Waals surface area contributed by atoms with Crippen LogP contribution in [0.25, 0.3) is 11.1 Å². The van der Waals surface area contributed by atoms with Crippen molar-refractivity contribution in [2.24, 2.45) is 0 Å². The fraction of sp³-hybridized carbons (Fsp3) is 0.211. The normalized spacial score (nSPS) is 16.4. The molecule has 0 fully saturated rings. The SMILES string of the molecule is O=c1oc2cc(S(=O)(=O)Nc3nccs3)c(F)cc2n1C1CCCc2ccc(Cl)nc21. The highest BCUT2D eigenvalue weighted by atomic mass is 35.5. The summed E-state index contributed by atoms with van der Waals surface area (Å²) in [6.45, 7) is 0. The molecule has 0 bridgehead atoms. The molecule has 0 spiro atoms. The number of thiazole rings is 1. The molecule has 31 heavy (non-hydrogen) atoms. The molecule has 3 heterocycles. The number of anilines is 1. The van der Waals surface area contributed by atoms with Gasteiger partial charge in [0.05, 0.1) is 17.3 Å². The zero-order valence-corrected chi connectivity index (χ0v) is 18.1. The molecule has 4 aromatic rings. The summed E-state index contributed by atoms with van der Waals surface area (Å²) in [7, 11) is -4.27. The predicted molar refractivity (Wildman–Crippen MR) is 114 cm³/mol. The van der Waals surface area contributed by atoms with Gasteiger partial charge in [0.1, 0.15) is 15.9 Å². The summed E-state index contributed by atoms with van der Waals surface area (Å²) < 4.78 is 49.0. The van der Waals surface area contributed by atoms with Crippen molar-refractivity contribution in [3.05, 3.63) is 68.6 Å². The third-order valence-electron chi connectivity index (χ3n) is 5.14. The number of hydrogen-bond donors (Lipinski definition) is 1. The third kappa shape index (κ3) is 3.52. The number of nitrogens with one attached hydrogen (secondary N) is 1. The summed E-state index contributed by atoms with van der Waals surface area (Å²) in [6.07, 6.45) is 3.60. The summed E-state index contributed by atoms with van der Waals surface area (Å²) in [5.74, 6) is -1.74. The van der Waals surface area contributed by atoms with Crippen LogP contribution in [-0.2, 0) is 16.4 Å². The van der Waals surface area contributed by atoms with Crippen LogP contribution in [0, 0.1) is 5.82 Å². The largest absolute Gasteiger partial charge is 0.420 e. The van der Waals surface area contributed by atoms with Crippen molar-refractivity contribution in [2.75, 3.05) is 4.72 Å². The maximum atomic E-state index is 14.9. The van der Waals surface area contributed by atoms with Gasteiger partial charge in [0.25, 0.3) is 10.0 Å². The van der Waals surface area contributed by atoms with Gasteiger partial charge in [-0.2, -0.15) is 0 Å². The molecule has 0 aliphatic heterocycles. The highest BCUT2D eigenvalue weighted by molar-refractivity contribution is 7.93. The molecule has 1 atom stereocenters. The summed E-state index contributed by atoms with van der Waals surface area (Å²) >= 11 is 7.11.